The first-order chi connectivity index (χ1) is 10.1. The molecule has 0 heterocycles. The smallest absolute Gasteiger partial charge is 0.369 e. The van der Waals surface area contributed by atoms with Gasteiger partial charge in [0.1, 0.15) is 6.07 Å². The van der Waals surface area contributed by atoms with Gasteiger partial charge in [-0.05, 0) is 12.5 Å². The van der Waals surface area contributed by atoms with Crippen LogP contribution in [0.25, 0.3) is 0 Å². The number of benzene rings is 1. The van der Waals surface area contributed by atoms with Crippen molar-refractivity contribution >= 4 is 23.1 Å². The summed E-state index contributed by atoms with van der Waals surface area (Å²) >= 11 is 0. The average Bonchev–Trinajstić information content (AvgIpc) is 2.48. The number of nitriles is 1. The van der Waals surface area contributed by atoms with E-state index in [1.54, 1.807) is 6.07 Å². The van der Waals surface area contributed by atoms with Gasteiger partial charge in [0.05, 0.1) is 17.2 Å². The van der Waals surface area contributed by atoms with E-state index in [9.17, 15) is 14.9 Å². The molecule has 0 fully saturated rings. The summed E-state index contributed by atoms with van der Waals surface area (Å²) < 4.78 is 4.85. The number of nitrogens with one attached hydrogen (secondary N) is 1. The minimum atomic E-state index is -0.830. The van der Waals surface area contributed by atoms with Gasteiger partial charge in [0.25, 0.3) is 5.69 Å². The molecule has 0 aliphatic heterocycles. The third-order valence-electron chi connectivity index (χ3n) is 2.38. The van der Waals surface area contributed by atoms with Crippen molar-refractivity contribution in [3.63, 3.8) is 0 Å². The van der Waals surface area contributed by atoms with Gasteiger partial charge >= 0.3 is 5.97 Å². The standard InChI is InChI=1S/C13H14N4O4/c1-2-3-7-21-13(18)12(9-14)16-15-10-5-4-6-11(8-10)17(19)20/h4-6,8,15H,2-3,7H2,1H3/b16-12+. The zero-order chi connectivity index (χ0) is 15.7. The Morgan fingerprint density at radius 1 is 1.57 bits per heavy atom. The third kappa shape index (κ3) is 5.28. The molecule has 0 atom stereocenters. The predicted octanol–water partition coefficient (Wildman–Crippen LogP) is 2.23. The highest BCUT2D eigenvalue weighted by atomic mass is 16.6. The van der Waals surface area contributed by atoms with E-state index >= 15 is 0 Å². The van der Waals surface area contributed by atoms with E-state index < -0.39 is 16.6 Å². The molecule has 1 N–H and O–H groups in total. The topological polar surface area (TPSA) is 118 Å². The summed E-state index contributed by atoms with van der Waals surface area (Å²) in [7, 11) is 0. The maximum Gasteiger partial charge on any atom is 0.369 e. The van der Waals surface area contributed by atoms with Gasteiger partial charge in [-0.3, -0.25) is 15.5 Å². The van der Waals surface area contributed by atoms with Crippen molar-refractivity contribution in [2.75, 3.05) is 12.0 Å². The van der Waals surface area contributed by atoms with Crippen molar-refractivity contribution in [1.82, 2.24) is 0 Å². The van der Waals surface area contributed by atoms with Crippen molar-refractivity contribution in [1.29, 1.82) is 5.26 Å². The minimum absolute atomic E-state index is 0.126. The number of rotatable bonds is 7. The maximum absolute atomic E-state index is 11.5. The number of carbonyl (C=O) groups is 1. The summed E-state index contributed by atoms with van der Waals surface area (Å²) in [6, 6.07) is 7.15. The number of hydrogen-bond donors (Lipinski definition) is 1. The Morgan fingerprint density at radius 3 is 2.95 bits per heavy atom. The Bertz CT molecular complexity index is 592. The molecule has 0 bridgehead atoms. The zero-order valence-electron chi connectivity index (χ0n) is 11.4. The number of hydrazone groups is 1. The number of carbonyl (C=O) groups excluding carboxylic acids is 1. The Hall–Kier alpha value is -2.95. The van der Waals surface area contributed by atoms with Crippen molar-refractivity contribution in [2.24, 2.45) is 5.10 Å². The number of nitro benzene ring substituents is 1. The van der Waals surface area contributed by atoms with Crippen molar-refractivity contribution in [3.8, 4) is 6.07 Å². The molecule has 1 aromatic carbocycles. The molecule has 0 aromatic heterocycles. The fourth-order valence-electron chi connectivity index (χ4n) is 1.30. The van der Waals surface area contributed by atoms with E-state index in [0.717, 1.165) is 6.42 Å². The Labute approximate surface area is 121 Å². The number of unbranched alkanes of at least 4 members (excludes halogenated alkanes) is 1. The summed E-state index contributed by atoms with van der Waals surface area (Å²) in [6.45, 7) is 2.16. The minimum Gasteiger partial charge on any atom is -0.460 e. The molecular weight excluding hydrogens is 276 g/mol. The first-order valence-corrected chi connectivity index (χ1v) is 6.23. The van der Waals surface area contributed by atoms with E-state index in [2.05, 4.69) is 10.5 Å². The van der Waals surface area contributed by atoms with Crippen molar-refractivity contribution in [2.45, 2.75) is 19.8 Å². The molecule has 1 aromatic rings. The Kier molecular flexibility index (Phi) is 6.34. The summed E-state index contributed by atoms with van der Waals surface area (Å²) in [5, 5.41) is 23.1. The van der Waals surface area contributed by atoms with Crippen LogP contribution in [0.4, 0.5) is 11.4 Å². The lowest BCUT2D eigenvalue weighted by atomic mass is 10.3. The molecule has 0 unspecified atom stereocenters. The average molecular weight is 290 g/mol. The SMILES string of the molecule is CCCCOC(=O)/C(C#N)=N/Nc1cccc([N+](=O)[O-])c1. The lowest BCUT2D eigenvalue weighted by molar-refractivity contribution is -0.384. The fourth-order valence-corrected chi connectivity index (χ4v) is 1.30. The number of nitro groups is 1. The Morgan fingerprint density at radius 2 is 2.33 bits per heavy atom. The van der Waals surface area contributed by atoms with Crippen LogP contribution < -0.4 is 5.43 Å². The second-order valence-electron chi connectivity index (χ2n) is 3.98. The number of ether oxygens (including phenoxy) is 1. The lowest BCUT2D eigenvalue weighted by Gasteiger charge is -2.03. The number of non-ortho nitro benzene ring substituents is 1. The maximum atomic E-state index is 11.5. The van der Waals surface area contributed by atoms with Gasteiger partial charge in [-0.1, -0.05) is 19.4 Å². The summed E-state index contributed by atoms with van der Waals surface area (Å²) in [6.07, 6.45) is 1.56. The summed E-state index contributed by atoms with van der Waals surface area (Å²) in [5.41, 5.74) is 2.14. The van der Waals surface area contributed by atoms with Crippen LogP contribution in [0.15, 0.2) is 29.4 Å². The van der Waals surface area contributed by atoms with Crippen LogP contribution in [0.1, 0.15) is 19.8 Å². The summed E-state index contributed by atoms with van der Waals surface area (Å²) in [4.78, 5) is 21.6. The highest BCUT2D eigenvalue weighted by Gasteiger charge is 2.13. The normalized spacial score (nSPS) is 10.6. The van der Waals surface area contributed by atoms with Gasteiger partial charge in [-0.2, -0.15) is 10.4 Å². The van der Waals surface area contributed by atoms with Crippen LogP contribution in [0, 0.1) is 21.4 Å². The van der Waals surface area contributed by atoms with Crippen molar-refractivity contribution < 1.29 is 14.5 Å². The van der Waals surface area contributed by atoms with Gasteiger partial charge in [0.15, 0.2) is 0 Å². The second kappa shape index (κ2) is 8.27. The van der Waals surface area contributed by atoms with Gasteiger partial charge < -0.3 is 4.74 Å². The fraction of sp³-hybridized carbons (Fsp3) is 0.308. The van der Waals surface area contributed by atoms with E-state index in [1.807, 2.05) is 6.92 Å². The highest BCUT2D eigenvalue weighted by Crippen LogP contribution is 2.16. The van der Waals surface area contributed by atoms with Crippen LogP contribution in [0.5, 0.6) is 0 Å². The highest BCUT2D eigenvalue weighted by molar-refractivity contribution is 6.43. The third-order valence-corrected chi connectivity index (χ3v) is 2.38. The Balaban J connectivity index is 2.72. The van der Waals surface area contributed by atoms with Gasteiger partial charge in [-0.25, -0.2) is 4.79 Å². The first-order valence-electron chi connectivity index (χ1n) is 6.23. The molecule has 0 saturated heterocycles. The van der Waals surface area contributed by atoms with E-state index in [1.165, 1.54) is 24.3 Å². The molecule has 8 nitrogen and oxygen atoms in total. The molecule has 21 heavy (non-hydrogen) atoms. The second-order valence-corrected chi connectivity index (χ2v) is 3.98. The summed E-state index contributed by atoms with van der Waals surface area (Å²) in [5.74, 6) is -0.830. The van der Waals surface area contributed by atoms with Gasteiger partial charge in [0, 0.05) is 12.1 Å². The number of hydrogen-bond acceptors (Lipinski definition) is 7. The van der Waals surface area contributed by atoms with Crippen LogP contribution >= 0.6 is 0 Å². The quantitative estimate of drug-likeness (QED) is 0.270. The lowest BCUT2D eigenvalue weighted by Crippen LogP contribution is -2.18. The van der Waals surface area contributed by atoms with Crippen LogP contribution in [-0.2, 0) is 9.53 Å². The number of nitrogens with zero attached hydrogens (tertiary/aromatic N) is 3. The van der Waals surface area contributed by atoms with E-state index in [-0.39, 0.29) is 12.3 Å². The van der Waals surface area contributed by atoms with Gasteiger partial charge in [0.2, 0.25) is 5.71 Å². The predicted molar refractivity (Wildman–Crippen MR) is 75.6 cm³/mol. The van der Waals surface area contributed by atoms with E-state index in [0.29, 0.717) is 12.1 Å². The molecule has 0 amide bonds. The molecule has 0 spiro atoms. The van der Waals surface area contributed by atoms with E-state index in [4.69, 9.17) is 10.00 Å². The van der Waals surface area contributed by atoms with Gasteiger partial charge in [-0.15, -0.1) is 0 Å². The zero-order valence-corrected chi connectivity index (χ0v) is 11.4. The van der Waals surface area contributed by atoms with Crippen molar-refractivity contribution in [3.05, 3.63) is 34.4 Å². The number of anilines is 1. The van der Waals surface area contributed by atoms with Crippen LogP contribution in [-0.4, -0.2) is 23.2 Å². The molecule has 1 rings (SSSR count). The van der Waals surface area contributed by atoms with Crippen LogP contribution in [0.2, 0.25) is 0 Å². The molecular formula is C13H14N4O4. The molecule has 0 saturated carbocycles. The molecule has 8 heteroatoms. The monoisotopic (exact) mass is 290 g/mol. The molecule has 0 aliphatic carbocycles. The number of esters is 1. The first kappa shape index (κ1) is 16.1. The molecule has 0 radical (unpaired) electrons. The largest absolute Gasteiger partial charge is 0.460 e. The van der Waals surface area contributed by atoms with Crippen LogP contribution in [0.3, 0.4) is 0 Å². The molecule has 110 valence electrons. The molecule has 0 aliphatic rings.